The second kappa shape index (κ2) is 5.37. The zero-order valence-corrected chi connectivity index (χ0v) is 12.8. The zero-order valence-electron chi connectivity index (χ0n) is 11.1. The van der Waals surface area contributed by atoms with Gasteiger partial charge in [-0.05, 0) is 36.2 Å². The molecule has 20 heavy (non-hydrogen) atoms. The number of hydrogen-bond donors (Lipinski definition) is 0. The van der Waals surface area contributed by atoms with Crippen molar-refractivity contribution in [2.45, 2.75) is 11.1 Å². The van der Waals surface area contributed by atoms with Crippen LogP contribution < -0.4 is 9.04 Å². The Balaban J connectivity index is 2.43. The molecule has 0 radical (unpaired) electrons. The Hall–Kier alpha value is -1.67. The highest BCUT2D eigenvalue weighted by molar-refractivity contribution is 7.94. The molecule has 5 nitrogen and oxygen atoms in total. The molecule has 0 aliphatic carbocycles. The molecule has 8 heteroatoms. The van der Waals surface area contributed by atoms with Crippen molar-refractivity contribution in [2.75, 3.05) is 18.5 Å². The number of aryl methyl sites for hydroxylation is 1. The van der Waals surface area contributed by atoms with E-state index >= 15 is 0 Å². The maximum absolute atomic E-state index is 13.9. The Labute approximate surface area is 120 Å². The monoisotopic (exact) mass is 316 g/mol. The summed E-state index contributed by atoms with van der Waals surface area (Å²) < 4.78 is 48.2. The Morgan fingerprint density at radius 3 is 2.60 bits per heavy atom. The van der Waals surface area contributed by atoms with Crippen LogP contribution in [-0.2, 0) is 10.0 Å². The third-order valence-corrected chi connectivity index (χ3v) is 5.70. The van der Waals surface area contributed by atoms with E-state index in [2.05, 4.69) is 4.37 Å². The number of ether oxygens (including phenoxy) is 1. The van der Waals surface area contributed by atoms with E-state index in [9.17, 15) is 12.8 Å². The van der Waals surface area contributed by atoms with E-state index in [1.165, 1.54) is 32.4 Å². The van der Waals surface area contributed by atoms with Crippen molar-refractivity contribution in [1.82, 2.24) is 4.37 Å². The van der Waals surface area contributed by atoms with Crippen molar-refractivity contribution >= 4 is 27.2 Å². The fraction of sp³-hybridized carbons (Fsp3) is 0.250. The quantitative estimate of drug-likeness (QED) is 0.869. The van der Waals surface area contributed by atoms with Crippen LogP contribution in [0.1, 0.15) is 5.56 Å². The molecule has 1 heterocycles. The van der Waals surface area contributed by atoms with Crippen molar-refractivity contribution in [3.05, 3.63) is 35.6 Å². The van der Waals surface area contributed by atoms with Gasteiger partial charge in [0.15, 0.2) is 4.21 Å². The highest BCUT2D eigenvalue weighted by atomic mass is 32.2. The number of methoxy groups -OCH3 is 1. The van der Waals surface area contributed by atoms with E-state index in [0.29, 0.717) is 0 Å². The predicted octanol–water partition coefficient (Wildman–Crippen LogP) is 2.42. The molecule has 0 aliphatic heterocycles. The predicted molar refractivity (Wildman–Crippen MR) is 75.4 cm³/mol. The van der Waals surface area contributed by atoms with Crippen LogP contribution in [0.4, 0.5) is 10.1 Å². The second-order valence-electron chi connectivity index (χ2n) is 4.12. The van der Waals surface area contributed by atoms with Gasteiger partial charge in [-0.2, -0.15) is 4.37 Å². The van der Waals surface area contributed by atoms with E-state index in [1.807, 2.05) is 0 Å². The van der Waals surface area contributed by atoms with Crippen LogP contribution in [0.5, 0.6) is 5.88 Å². The molecule has 2 aromatic rings. The van der Waals surface area contributed by atoms with Crippen LogP contribution in [-0.4, -0.2) is 26.9 Å². The topological polar surface area (TPSA) is 59.5 Å². The standard InChI is InChI=1S/C12H13FN2O3S2/c1-8-4-5-10(9(13)6-8)15(2)20(16,17)12-7-11(18-3)14-19-12/h4-7H,1-3H3. The van der Waals surface area contributed by atoms with Gasteiger partial charge in [-0.25, -0.2) is 12.8 Å². The van der Waals surface area contributed by atoms with Crippen molar-refractivity contribution in [1.29, 1.82) is 0 Å². The van der Waals surface area contributed by atoms with Gasteiger partial charge >= 0.3 is 0 Å². The lowest BCUT2D eigenvalue weighted by atomic mass is 10.2. The summed E-state index contributed by atoms with van der Waals surface area (Å²) in [5.74, 6) is -0.376. The fourth-order valence-corrected chi connectivity index (χ4v) is 3.80. The molecule has 0 spiro atoms. The number of nitrogens with zero attached hydrogens (tertiary/aromatic N) is 2. The largest absolute Gasteiger partial charge is 0.480 e. The van der Waals surface area contributed by atoms with Crippen LogP contribution in [0.2, 0.25) is 0 Å². The zero-order chi connectivity index (χ0) is 14.9. The minimum atomic E-state index is -3.85. The van der Waals surface area contributed by atoms with E-state index < -0.39 is 15.8 Å². The molecule has 2 rings (SSSR count). The van der Waals surface area contributed by atoms with Gasteiger partial charge in [-0.3, -0.25) is 4.31 Å². The van der Waals surface area contributed by atoms with Crippen LogP contribution in [0, 0.1) is 12.7 Å². The lowest BCUT2D eigenvalue weighted by Gasteiger charge is -2.18. The molecule has 0 saturated heterocycles. The van der Waals surface area contributed by atoms with Crippen LogP contribution in [0.25, 0.3) is 0 Å². The number of hydrogen-bond acceptors (Lipinski definition) is 5. The molecule has 108 valence electrons. The van der Waals surface area contributed by atoms with Crippen LogP contribution in [0.15, 0.2) is 28.5 Å². The van der Waals surface area contributed by atoms with E-state index in [1.54, 1.807) is 13.0 Å². The maximum Gasteiger partial charge on any atom is 0.275 e. The first-order valence-electron chi connectivity index (χ1n) is 5.62. The van der Waals surface area contributed by atoms with Gasteiger partial charge in [0.1, 0.15) is 5.82 Å². The van der Waals surface area contributed by atoms with Crippen molar-refractivity contribution < 1.29 is 17.5 Å². The van der Waals surface area contributed by atoms with Gasteiger partial charge in [-0.15, -0.1) is 0 Å². The molecule has 1 aromatic carbocycles. The molecular formula is C12H13FN2O3S2. The summed E-state index contributed by atoms with van der Waals surface area (Å²) >= 11 is 0.786. The molecule has 0 atom stereocenters. The second-order valence-corrected chi connectivity index (χ2v) is 7.12. The Morgan fingerprint density at radius 2 is 2.05 bits per heavy atom. The summed E-state index contributed by atoms with van der Waals surface area (Å²) in [4.78, 5) is 0. The third-order valence-electron chi connectivity index (χ3n) is 2.73. The number of aromatic nitrogens is 1. The average Bonchev–Trinajstić information content (AvgIpc) is 2.87. The molecule has 0 saturated carbocycles. The fourth-order valence-electron chi connectivity index (χ4n) is 1.59. The Kier molecular flexibility index (Phi) is 3.96. The van der Waals surface area contributed by atoms with Gasteiger partial charge in [0.2, 0.25) is 5.88 Å². The Bertz CT molecular complexity index is 728. The molecular weight excluding hydrogens is 303 g/mol. The molecule has 0 amide bonds. The van der Waals surface area contributed by atoms with Crippen molar-refractivity contribution in [3.63, 3.8) is 0 Å². The summed E-state index contributed by atoms with van der Waals surface area (Å²) in [5, 5.41) is 0. The van der Waals surface area contributed by atoms with Crippen molar-refractivity contribution in [3.8, 4) is 5.88 Å². The normalized spacial score (nSPS) is 11.4. The SMILES string of the molecule is COc1cc(S(=O)(=O)N(C)c2ccc(C)cc2F)sn1. The summed E-state index contributed by atoms with van der Waals surface area (Å²) in [6, 6.07) is 5.68. The summed E-state index contributed by atoms with van der Waals surface area (Å²) in [6.07, 6.45) is 0. The highest BCUT2D eigenvalue weighted by Gasteiger charge is 2.26. The molecule has 0 unspecified atom stereocenters. The van der Waals surface area contributed by atoms with Gasteiger partial charge < -0.3 is 4.74 Å². The molecule has 0 fully saturated rings. The van der Waals surface area contributed by atoms with Crippen LogP contribution >= 0.6 is 11.5 Å². The summed E-state index contributed by atoms with van der Waals surface area (Å²) in [6.45, 7) is 1.73. The van der Waals surface area contributed by atoms with Crippen molar-refractivity contribution in [2.24, 2.45) is 0 Å². The molecule has 1 aromatic heterocycles. The lowest BCUT2D eigenvalue weighted by molar-refractivity contribution is 0.402. The average molecular weight is 316 g/mol. The molecule has 0 aliphatic rings. The van der Waals surface area contributed by atoms with E-state index in [-0.39, 0.29) is 15.8 Å². The smallest absolute Gasteiger partial charge is 0.275 e. The maximum atomic E-state index is 13.9. The minimum absolute atomic E-state index is 0.00294. The summed E-state index contributed by atoms with van der Waals surface area (Å²) in [7, 11) is -1.15. The number of anilines is 1. The first-order valence-corrected chi connectivity index (χ1v) is 7.83. The van der Waals surface area contributed by atoms with Crippen LogP contribution in [0.3, 0.4) is 0 Å². The Morgan fingerprint density at radius 1 is 1.35 bits per heavy atom. The lowest BCUT2D eigenvalue weighted by Crippen LogP contribution is -2.26. The molecule has 0 bridgehead atoms. The molecule has 0 N–H and O–H groups in total. The first kappa shape index (κ1) is 14.7. The number of rotatable bonds is 4. The van der Waals surface area contributed by atoms with Gasteiger partial charge in [0, 0.05) is 13.1 Å². The summed E-state index contributed by atoms with van der Waals surface area (Å²) in [5.41, 5.74) is 0.708. The van der Waals surface area contributed by atoms with E-state index in [0.717, 1.165) is 21.4 Å². The minimum Gasteiger partial charge on any atom is -0.480 e. The van der Waals surface area contributed by atoms with E-state index in [4.69, 9.17) is 4.74 Å². The van der Waals surface area contributed by atoms with Gasteiger partial charge in [0.05, 0.1) is 12.8 Å². The number of halogens is 1. The highest BCUT2D eigenvalue weighted by Crippen LogP contribution is 2.29. The number of benzene rings is 1. The number of sulfonamides is 1. The first-order chi connectivity index (χ1) is 9.36. The van der Waals surface area contributed by atoms with Gasteiger partial charge in [0.25, 0.3) is 10.0 Å². The third kappa shape index (κ3) is 2.61. The van der Waals surface area contributed by atoms with Gasteiger partial charge in [-0.1, -0.05) is 6.07 Å².